The molecule has 0 radical (unpaired) electrons. The predicted octanol–water partition coefficient (Wildman–Crippen LogP) is 3.26. The van der Waals surface area contributed by atoms with Crippen molar-refractivity contribution in [2.45, 2.75) is 39.5 Å². The molecule has 0 aromatic heterocycles. The van der Waals surface area contributed by atoms with Crippen LogP contribution in [0.1, 0.15) is 39.5 Å². The maximum absolute atomic E-state index is 11.0. The van der Waals surface area contributed by atoms with Crippen LogP contribution in [0.15, 0.2) is 0 Å². The molecule has 3 nitrogen and oxygen atoms in total. The molecular formula is C8H20Cl2O3V. The smallest absolute Gasteiger partial charge is 0.147 e. The topological polar surface area (TPSA) is 35.5 Å². The third-order valence-corrected chi connectivity index (χ3v) is 2.62. The Morgan fingerprint density at radius 3 is 1.57 bits per heavy atom. The number of halogens is 2. The molecule has 0 N–H and O–H groups in total. The van der Waals surface area contributed by atoms with E-state index in [0.717, 1.165) is 25.7 Å². The Morgan fingerprint density at radius 2 is 1.29 bits per heavy atom. The SMILES string of the molecule is CCCC[O][V](=[O])[O]CCCC.Cl.Cl. The summed E-state index contributed by atoms with van der Waals surface area (Å²) in [5.74, 6) is 0. The standard InChI is InChI=1S/2C4H9O.2ClH.O.V/c2*1-2-3-4-5;;;;/h2*2-4H2,1H3;2*1H;;/q2*-1;;;;+2. The molecule has 0 bridgehead atoms. The third kappa shape index (κ3) is 15.4. The number of hydrogen-bond acceptors (Lipinski definition) is 3. The molecule has 0 amide bonds. The van der Waals surface area contributed by atoms with Crippen LogP contribution in [0.3, 0.4) is 0 Å². The second kappa shape index (κ2) is 16.3. The molecule has 0 fully saturated rings. The van der Waals surface area contributed by atoms with Crippen molar-refractivity contribution in [3.63, 3.8) is 0 Å². The van der Waals surface area contributed by atoms with Crippen LogP contribution in [0.5, 0.6) is 0 Å². The fraction of sp³-hybridized carbons (Fsp3) is 1.00. The molecule has 0 aliphatic rings. The van der Waals surface area contributed by atoms with Crippen LogP contribution < -0.4 is 0 Å². The van der Waals surface area contributed by atoms with E-state index in [4.69, 9.17) is 7.32 Å². The van der Waals surface area contributed by atoms with E-state index in [1.54, 1.807) is 0 Å². The molecule has 0 aliphatic heterocycles. The van der Waals surface area contributed by atoms with Crippen LogP contribution in [0.25, 0.3) is 0 Å². The quantitative estimate of drug-likeness (QED) is 0.642. The first kappa shape index (κ1) is 20.3. The first-order chi connectivity index (χ1) is 5.81. The Hall–Kier alpha value is 0.884. The zero-order valence-electron chi connectivity index (χ0n) is 8.73. The van der Waals surface area contributed by atoms with E-state index >= 15 is 0 Å². The molecule has 0 aliphatic carbocycles. The molecule has 0 atom stereocenters. The van der Waals surface area contributed by atoms with Gasteiger partial charge in [-0.25, -0.2) is 0 Å². The van der Waals surface area contributed by atoms with Gasteiger partial charge in [0, 0.05) is 0 Å². The molecule has 0 unspecified atom stereocenters. The molecule has 0 spiro atoms. The molecule has 0 saturated carbocycles. The van der Waals surface area contributed by atoms with Gasteiger partial charge in [0.1, 0.15) is 0 Å². The first-order valence-electron chi connectivity index (χ1n) is 4.54. The van der Waals surface area contributed by atoms with Crippen molar-refractivity contribution in [2.75, 3.05) is 13.2 Å². The first-order valence-corrected chi connectivity index (χ1v) is 6.25. The normalized spacial score (nSPS) is 8.71. The fourth-order valence-electron chi connectivity index (χ4n) is 0.604. The Bertz CT molecular complexity index is 113. The average Bonchev–Trinajstić information content (AvgIpc) is 2.06. The summed E-state index contributed by atoms with van der Waals surface area (Å²) in [4.78, 5) is 0. The number of unbranched alkanes of at least 4 members (excludes halogenated alkanes) is 2. The summed E-state index contributed by atoms with van der Waals surface area (Å²) in [7, 11) is 0. The van der Waals surface area contributed by atoms with Crippen LogP contribution in [-0.4, -0.2) is 13.2 Å². The van der Waals surface area contributed by atoms with Crippen molar-refractivity contribution < 1.29 is 26.8 Å². The van der Waals surface area contributed by atoms with Crippen molar-refractivity contribution in [3.8, 4) is 0 Å². The Labute approximate surface area is 104 Å². The molecule has 14 heavy (non-hydrogen) atoms. The van der Waals surface area contributed by atoms with Crippen molar-refractivity contribution in [2.24, 2.45) is 0 Å². The molecular weight excluding hydrogens is 266 g/mol. The van der Waals surface area contributed by atoms with Gasteiger partial charge in [-0.1, -0.05) is 0 Å². The monoisotopic (exact) mass is 285 g/mol. The molecule has 0 saturated heterocycles. The summed E-state index contributed by atoms with van der Waals surface area (Å²) < 4.78 is 21.0. The summed E-state index contributed by atoms with van der Waals surface area (Å²) in [6.07, 6.45) is 4.06. The van der Waals surface area contributed by atoms with E-state index in [-0.39, 0.29) is 24.8 Å². The third-order valence-electron chi connectivity index (χ3n) is 1.39. The summed E-state index contributed by atoms with van der Waals surface area (Å²) in [6, 6.07) is 0. The molecule has 89 valence electrons. The Balaban J connectivity index is -0.000000605. The second-order valence-corrected chi connectivity index (χ2v) is 4.10. The maximum atomic E-state index is 11.0. The minimum Gasteiger partial charge on any atom is -0.147 e. The van der Waals surface area contributed by atoms with E-state index < -0.39 is 15.8 Å². The van der Waals surface area contributed by atoms with Crippen LogP contribution in [0, 0.1) is 0 Å². The fourth-order valence-corrected chi connectivity index (χ4v) is 1.59. The summed E-state index contributed by atoms with van der Waals surface area (Å²) in [5, 5.41) is 0. The minimum absolute atomic E-state index is 0. The van der Waals surface area contributed by atoms with Crippen molar-refractivity contribution in [1.82, 2.24) is 0 Å². The van der Waals surface area contributed by atoms with E-state index in [9.17, 15) is 3.67 Å². The molecule has 0 aromatic rings. The van der Waals surface area contributed by atoms with Crippen LogP contribution in [0.4, 0.5) is 0 Å². The van der Waals surface area contributed by atoms with E-state index in [0.29, 0.717) is 13.2 Å². The van der Waals surface area contributed by atoms with Gasteiger partial charge in [0.05, 0.1) is 0 Å². The van der Waals surface area contributed by atoms with Crippen molar-refractivity contribution >= 4 is 24.8 Å². The van der Waals surface area contributed by atoms with Gasteiger partial charge < -0.3 is 0 Å². The molecule has 6 heteroatoms. The largest absolute Gasteiger partial charge is 0.147 e. The van der Waals surface area contributed by atoms with Crippen molar-refractivity contribution in [3.05, 3.63) is 0 Å². The molecule has 0 aromatic carbocycles. The minimum atomic E-state index is -2.58. The van der Waals surface area contributed by atoms with Gasteiger partial charge in [-0.3, -0.25) is 0 Å². The summed E-state index contributed by atoms with van der Waals surface area (Å²) in [6.45, 7) is 5.30. The van der Waals surface area contributed by atoms with Gasteiger partial charge >= 0.3 is 79.5 Å². The second-order valence-electron chi connectivity index (χ2n) is 2.60. The van der Waals surface area contributed by atoms with Crippen molar-refractivity contribution in [1.29, 1.82) is 0 Å². The summed E-state index contributed by atoms with van der Waals surface area (Å²) in [5.41, 5.74) is 0. The average molecular weight is 286 g/mol. The van der Waals surface area contributed by atoms with Gasteiger partial charge in [-0.2, -0.15) is 0 Å². The van der Waals surface area contributed by atoms with Gasteiger partial charge in [0.2, 0.25) is 0 Å². The Kier molecular flexibility index (Phi) is 23.7. The van der Waals surface area contributed by atoms with Gasteiger partial charge in [0.25, 0.3) is 0 Å². The van der Waals surface area contributed by atoms with Crippen LogP contribution >= 0.6 is 24.8 Å². The predicted molar refractivity (Wildman–Crippen MR) is 56.9 cm³/mol. The van der Waals surface area contributed by atoms with Crippen LogP contribution in [-0.2, 0) is 26.8 Å². The molecule has 0 heterocycles. The number of hydrogen-bond donors (Lipinski definition) is 0. The van der Waals surface area contributed by atoms with E-state index in [1.807, 2.05) is 0 Å². The van der Waals surface area contributed by atoms with E-state index in [1.165, 1.54) is 0 Å². The number of rotatable bonds is 8. The van der Waals surface area contributed by atoms with Gasteiger partial charge in [-0.15, -0.1) is 24.8 Å². The Morgan fingerprint density at radius 1 is 0.929 bits per heavy atom. The zero-order chi connectivity index (χ0) is 9.23. The van der Waals surface area contributed by atoms with Crippen LogP contribution in [0.2, 0.25) is 0 Å². The van der Waals surface area contributed by atoms with Gasteiger partial charge in [0.15, 0.2) is 0 Å². The summed E-state index contributed by atoms with van der Waals surface area (Å²) >= 11 is -2.58. The van der Waals surface area contributed by atoms with E-state index in [2.05, 4.69) is 13.8 Å². The molecule has 0 rings (SSSR count). The van der Waals surface area contributed by atoms with Gasteiger partial charge in [-0.05, 0) is 0 Å². The zero-order valence-corrected chi connectivity index (χ0v) is 11.8. The maximum Gasteiger partial charge on any atom is -0.147 e.